The summed E-state index contributed by atoms with van der Waals surface area (Å²) in [5.41, 5.74) is 3.34. The second-order valence-electron chi connectivity index (χ2n) is 14.4. The van der Waals surface area contributed by atoms with Gasteiger partial charge in [-0.15, -0.1) is 0 Å². The number of carbonyl (C=O) groups is 3. The Morgan fingerprint density at radius 3 is 1.89 bits per heavy atom. The van der Waals surface area contributed by atoms with E-state index in [1.807, 2.05) is 41.5 Å². The van der Waals surface area contributed by atoms with E-state index in [-0.39, 0.29) is 29.0 Å². The minimum Gasteiger partial charge on any atom is -0.507 e. The van der Waals surface area contributed by atoms with Gasteiger partial charge >= 0.3 is 22.8 Å². The van der Waals surface area contributed by atoms with Crippen molar-refractivity contribution in [3.05, 3.63) is 81.0 Å². The number of nitrogens with one attached hydrogen (secondary N) is 1. The molecule has 0 aliphatic carbocycles. The predicted molar refractivity (Wildman–Crippen MR) is 212 cm³/mol. The van der Waals surface area contributed by atoms with Crippen molar-refractivity contribution in [2.45, 2.75) is 114 Å². The molecule has 3 aromatic carbocycles. The van der Waals surface area contributed by atoms with E-state index in [4.69, 9.17) is 19.0 Å². The lowest BCUT2D eigenvalue weighted by atomic mass is 9.91. The van der Waals surface area contributed by atoms with Gasteiger partial charge in [0.25, 0.3) is 0 Å². The lowest BCUT2D eigenvalue weighted by Crippen LogP contribution is -2.28. The summed E-state index contributed by atoms with van der Waals surface area (Å²) in [6.45, 7) is 20.1. The van der Waals surface area contributed by atoms with E-state index in [9.17, 15) is 24.3 Å². The van der Waals surface area contributed by atoms with Crippen molar-refractivity contribution in [2.75, 3.05) is 11.9 Å². The van der Waals surface area contributed by atoms with Crippen molar-refractivity contribution in [1.82, 2.24) is 0 Å². The highest BCUT2D eigenvalue weighted by atomic mass is 32.1. The van der Waals surface area contributed by atoms with E-state index < -0.39 is 16.8 Å². The number of carbonyl (C=O) groups excluding carboxylic acids is 2. The fourth-order valence-corrected chi connectivity index (χ4v) is 5.12. The molecule has 10 nitrogen and oxygen atoms in total. The maximum Gasteiger partial charge on any atom is 0.396 e. The van der Waals surface area contributed by atoms with Crippen LogP contribution in [0.2, 0.25) is 0 Å². The number of phenolic OH excluding ortho intramolecular Hbond substituents is 1. The van der Waals surface area contributed by atoms with E-state index in [1.54, 1.807) is 44.2 Å². The molecule has 1 aromatic heterocycles. The van der Waals surface area contributed by atoms with Crippen LogP contribution in [0.15, 0.2) is 63.8 Å². The van der Waals surface area contributed by atoms with Crippen LogP contribution in [-0.2, 0) is 14.4 Å². The summed E-state index contributed by atoms with van der Waals surface area (Å²) in [7, 11) is 0. The van der Waals surface area contributed by atoms with E-state index in [1.165, 1.54) is 5.56 Å². The molecule has 0 fully saturated rings. The highest BCUT2D eigenvalue weighted by Crippen LogP contribution is 2.30. The molecule has 53 heavy (non-hydrogen) atoms. The summed E-state index contributed by atoms with van der Waals surface area (Å²) in [6.07, 6.45) is 4.45. The third kappa shape index (κ3) is 14.4. The van der Waals surface area contributed by atoms with Crippen LogP contribution in [0.5, 0.6) is 17.2 Å². The first-order chi connectivity index (χ1) is 24.8. The molecule has 0 saturated heterocycles. The number of aromatic hydroxyl groups is 1. The number of anilines is 1. The average Bonchev–Trinajstić information content (AvgIpc) is 3.49. The zero-order valence-electron chi connectivity index (χ0n) is 32.9. The second-order valence-corrected chi connectivity index (χ2v) is 15.4. The van der Waals surface area contributed by atoms with Gasteiger partial charge in [0.15, 0.2) is 5.58 Å². The van der Waals surface area contributed by atoms with Crippen molar-refractivity contribution < 1.29 is 38.5 Å². The van der Waals surface area contributed by atoms with Gasteiger partial charge in [-0.05, 0) is 133 Å². The molecule has 1 atom stereocenters. The molecule has 4 aromatic rings. The van der Waals surface area contributed by atoms with E-state index in [0.29, 0.717) is 40.5 Å². The molecule has 3 N–H and O–H groups in total. The number of aliphatic carboxylic acids is 1. The van der Waals surface area contributed by atoms with Gasteiger partial charge in [0.2, 0.25) is 0 Å². The molecule has 0 aliphatic rings. The number of hydrogen-bond acceptors (Lipinski definition) is 10. The Morgan fingerprint density at radius 2 is 1.38 bits per heavy atom. The van der Waals surface area contributed by atoms with E-state index >= 15 is 0 Å². The summed E-state index contributed by atoms with van der Waals surface area (Å²) in [6, 6.07) is 16.8. The van der Waals surface area contributed by atoms with Gasteiger partial charge in [0.1, 0.15) is 17.2 Å². The zero-order valence-corrected chi connectivity index (χ0v) is 33.7. The number of hydrogen-bond donors (Lipinski definition) is 3. The minimum atomic E-state index is -0.715. The standard InChI is InChI=1S/C15H23NO2.C14H20O3.C13H14O4S/c1-3-12(2)13-7-9-14(10-8-13)16-11-5-4-6-15(17)18;1-6-14(4,5)13(16)17-11-7-9(2)12(15)10(3)8-11;1-4-13(2,3)11(14)16-8-5-6-10-9(7-8)17-12(15)18-10/h7-10,12,16H,3-6,11H2,1-2H3,(H,17,18);7-8,15H,6H2,1-5H3;5-7H,4H2,1-3H3. The number of rotatable bonds is 14. The summed E-state index contributed by atoms with van der Waals surface area (Å²) in [5.74, 6) is 0.494. The smallest absolute Gasteiger partial charge is 0.396 e. The average molecular weight is 752 g/mol. The van der Waals surface area contributed by atoms with Gasteiger partial charge in [-0.3, -0.25) is 14.4 Å². The zero-order chi connectivity index (χ0) is 39.9. The number of unbranched alkanes of at least 4 members (excludes halogenated alkanes) is 1. The van der Waals surface area contributed by atoms with Crippen LogP contribution in [0.25, 0.3) is 10.3 Å². The van der Waals surface area contributed by atoms with Crippen molar-refractivity contribution in [2.24, 2.45) is 10.8 Å². The molecular formula is C42H57NO9S. The number of fused-ring (bicyclic) bond motifs is 1. The molecule has 1 unspecified atom stereocenters. The van der Waals surface area contributed by atoms with Gasteiger partial charge < -0.3 is 29.4 Å². The Hall–Kier alpha value is -4.64. The van der Waals surface area contributed by atoms with Crippen LogP contribution in [0.4, 0.5) is 5.69 Å². The Balaban J connectivity index is 0.000000275. The monoisotopic (exact) mass is 751 g/mol. The number of aryl methyl sites for hydroxylation is 2. The van der Waals surface area contributed by atoms with Crippen molar-refractivity contribution in [3.63, 3.8) is 0 Å². The molecule has 0 radical (unpaired) electrons. The largest absolute Gasteiger partial charge is 0.507 e. The molecule has 1 heterocycles. The normalized spacial score (nSPS) is 11.7. The number of ether oxygens (including phenoxy) is 2. The Labute approximate surface area is 317 Å². The first-order valence-corrected chi connectivity index (χ1v) is 19.0. The number of phenols is 1. The molecule has 4 rings (SSSR count). The maximum atomic E-state index is 11.9. The fourth-order valence-electron chi connectivity index (χ4n) is 4.47. The van der Waals surface area contributed by atoms with Crippen molar-refractivity contribution in [1.29, 1.82) is 0 Å². The van der Waals surface area contributed by atoms with Gasteiger partial charge in [0, 0.05) is 24.7 Å². The lowest BCUT2D eigenvalue weighted by Gasteiger charge is -2.20. The molecule has 0 amide bonds. The quantitative estimate of drug-likeness (QED) is 0.0644. The topological polar surface area (TPSA) is 152 Å². The molecule has 0 bridgehead atoms. The van der Waals surface area contributed by atoms with E-state index in [0.717, 1.165) is 54.0 Å². The summed E-state index contributed by atoms with van der Waals surface area (Å²) < 4.78 is 16.3. The van der Waals surface area contributed by atoms with Crippen LogP contribution >= 0.6 is 11.3 Å². The van der Waals surface area contributed by atoms with Crippen LogP contribution in [0.3, 0.4) is 0 Å². The fraction of sp³-hybridized carbons (Fsp3) is 0.476. The van der Waals surface area contributed by atoms with Gasteiger partial charge in [0.05, 0.1) is 15.5 Å². The van der Waals surface area contributed by atoms with Crippen LogP contribution in [0, 0.1) is 24.7 Å². The molecule has 11 heteroatoms. The highest BCUT2D eigenvalue weighted by Gasteiger charge is 2.28. The number of carboxylic acids is 1. The molecule has 0 spiro atoms. The van der Waals surface area contributed by atoms with E-state index in [2.05, 4.69) is 43.4 Å². The maximum absolute atomic E-state index is 11.9. The molecular weight excluding hydrogens is 695 g/mol. The van der Waals surface area contributed by atoms with Crippen LogP contribution in [0.1, 0.15) is 117 Å². The van der Waals surface area contributed by atoms with Crippen LogP contribution in [-0.4, -0.2) is 34.7 Å². The van der Waals surface area contributed by atoms with Gasteiger partial charge in [-0.1, -0.05) is 51.2 Å². The number of esters is 2. The minimum absolute atomic E-state index is 0.246. The van der Waals surface area contributed by atoms with Crippen molar-refractivity contribution in [3.8, 4) is 17.2 Å². The first-order valence-electron chi connectivity index (χ1n) is 18.2. The third-order valence-electron chi connectivity index (χ3n) is 9.30. The second kappa shape index (κ2) is 20.6. The Morgan fingerprint density at radius 1 is 0.830 bits per heavy atom. The number of benzene rings is 3. The van der Waals surface area contributed by atoms with Crippen molar-refractivity contribution >= 4 is 45.2 Å². The number of carboxylic acid groups (broad SMARTS) is 1. The van der Waals surface area contributed by atoms with Gasteiger partial charge in [-0.2, -0.15) is 0 Å². The molecule has 290 valence electrons. The Bertz CT molecular complexity index is 1830. The third-order valence-corrected chi connectivity index (χ3v) is 10.1. The SMILES string of the molecule is CCC(C)(C)C(=O)Oc1cc(C)c(O)c(C)c1.CCC(C)(C)C(=O)Oc1ccc2sc(=O)oc2c1.CCC(C)c1ccc(NCCCCC(=O)O)cc1. The lowest BCUT2D eigenvalue weighted by molar-refractivity contribution is -0.144. The highest BCUT2D eigenvalue weighted by molar-refractivity contribution is 7.16. The predicted octanol–water partition coefficient (Wildman–Crippen LogP) is 10.4. The molecule has 0 saturated carbocycles. The van der Waals surface area contributed by atoms with Crippen LogP contribution < -0.4 is 19.7 Å². The summed E-state index contributed by atoms with van der Waals surface area (Å²) in [4.78, 5) is 44.8. The first kappa shape index (κ1) is 44.5. The molecule has 0 aliphatic heterocycles. The summed E-state index contributed by atoms with van der Waals surface area (Å²) >= 11 is 1.03. The summed E-state index contributed by atoms with van der Waals surface area (Å²) in [5, 5.41) is 21.5. The van der Waals surface area contributed by atoms with Gasteiger partial charge in [-0.25, -0.2) is 4.79 Å². The Kier molecular flexibility index (Phi) is 17.3.